The zero-order chi connectivity index (χ0) is 7.66. The minimum absolute atomic E-state index is 0. The van der Waals surface area contributed by atoms with Crippen LogP contribution in [0.15, 0.2) is 12.2 Å². The van der Waals surface area contributed by atoms with Crippen molar-refractivity contribution in [3.05, 3.63) is 12.2 Å². The fraction of sp³-hybridized carbons (Fsp3) is 0.778. The van der Waals surface area contributed by atoms with Crippen LogP contribution in [0.2, 0.25) is 0 Å². The SMILES string of the molecule is CCCCCC/C=C\C[NH3+].[Cl-]. The van der Waals surface area contributed by atoms with Gasteiger partial charge in [0, 0.05) is 0 Å². The molecule has 0 rings (SSSR count). The lowest BCUT2D eigenvalue weighted by atomic mass is 10.1. The van der Waals surface area contributed by atoms with E-state index in [9.17, 15) is 0 Å². The van der Waals surface area contributed by atoms with Gasteiger partial charge in [0.05, 0.1) is 6.54 Å². The third-order valence-electron chi connectivity index (χ3n) is 1.56. The average Bonchev–Trinajstić information content (AvgIpc) is 1.97. The first-order valence-electron chi connectivity index (χ1n) is 4.36. The summed E-state index contributed by atoms with van der Waals surface area (Å²) >= 11 is 0. The zero-order valence-electron chi connectivity index (χ0n) is 7.48. The molecule has 1 nitrogen and oxygen atoms in total. The number of rotatable bonds is 6. The third kappa shape index (κ3) is 13.1. The van der Waals surface area contributed by atoms with Gasteiger partial charge in [0.15, 0.2) is 0 Å². The maximum Gasteiger partial charge on any atom is 0.0926 e. The zero-order valence-corrected chi connectivity index (χ0v) is 8.24. The Morgan fingerprint density at radius 2 is 1.82 bits per heavy atom. The van der Waals surface area contributed by atoms with Crippen LogP contribution in [-0.4, -0.2) is 6.54 Å². The van der Waals surface area contributed by atoms with Crippen molar-refractivity contribution in [2.45, 2.75) is 39.0 Å². The Kier molecular flexibility index (Phi) is 15.6. The molecular weight excluding hydrogens is 158 g/mol. The second-order valence-corrected chi connectivity index (χ2v) is 2.61. The molecule has 68 valence electrons. The van der Waals surface area contributed by atoms with E-state index >= 15 is 0 Å². The first-order chi connectivity index (χ1) is 4.91. The maximum atomic E-state index is 3.73. The van der Waals surface area contributed by atoms with E-state index in [1.165, 1.54) is 32.1 Å². The lowest BCUT2D eigenvalue weighted by Crippen LogP contribution is -3.00. The average molecular weight is 178 g/mol. The van der Waals surface area contributed by atoms with Crippen LogP contribution >= 0.6 is 0 Å². The van der Waals surface area contributed by atoms with Crippen molar-refractivity contribution in [3.8, 4) is 0 Å². The van der Waals surface area contributed by atoms with Crippen LogP contribution in [-0.2, 0) is 0 Å². The molecule has 0 aromatic carbocycles. The molecule has 0 spiro atoms. The summed E-state index contributed by atoms with van der Waals surface area (Å²) in [6, 6.07) is 0. The number of allylic oxidation sites excluding steroid dienone is 1. The molecule has 0 unspecified atom stereocenters. The van der Waals surface area contributed by atoms with Crippen molar-refractivity contribution in [3.63, 3.8) is 0 Å². The number of unbranched alkanes of at least 4 members (excludes halogenated alkanes) is 4. The minimum atomic E-state index is 0. The Morgan fingerprint density at radius 3 is 2.36 bits per heavy atom. The Labute approximate surface area is 76.5 Å². The van der Waals surface area contributed by atoms with E-state index in [1.807, 2.05) is 0 Å². The Hall–Kier alpha value is -0.0100. The van der Waals surface area contributed by atoms with Crippen molar-refractivity contribution in [2.24, 2.45) is 0 Å². The van der Waals surface area contributed by atoms with Crippen molar-refractivity contribution in [1.29, 1.82) is 0 Å². The summed E-state index contributed by atoms with van der Waals surface area (Å²) in [5.74, 6) is 0. The van der Waals surface area contributed by atoms with E-state index in [0.717, 1.165) is 6.54 Å². The van der Waals surface area contributed by atoms with Crippen LogP contribution in [0.25, 0.3) is 0 Å². The molecule has 3 N–H and O–H groups in total. The lowest BCUT2D eigenvalue weighted by molar-refractivity contribution is -0.352. The smallest absolute Gasteiger partial charge is 0.0926 e. The van der Waals surface area contributed by atoms with Crippen LogP contribution in [0, 0.1) is 0 Å². The van der Waals surface area contributed by atoms with E-state index in [4.69, 9.17) is 0 Å². The molecule has 0 amide bonds. The largest absolute Gasteiger partial charge is 1.00 e. The molecule has 0 bridgehead atoms. The van der Waals surface area contributed by atoms with Gasteiger partial charge in [-0.25, -0.2) is 0 Å². The number of quaternary nitrogens is 1. The standard InChI is InChI=1S/C9H19N.ClH/c1-2-3-4-5-6-7-8-9-10;/h7-8H,2-6,9-10H2,1H3;1H/b8-7-;. The molecule has 11 heavy (non-hydrogen) atoms. The highest BCUT2D eigenvalue weighted by Gasteiger charge is 1.83. The van der Waals surface area contributed by atoms with Crippen molar-refractivity contribution >= 4 is 0 Å². The summed E-state index contributed by atoms with van der Waals surface area (Å²) in [5, 5.41) is 0. The van der Waals surface area contributed by atoms with Crippen LogP contribution in [0.1, 0.15) is 39.0 Å². The molecule has 2 heteroatoms. The molecule has 0 aromatic rings. The van der Waals surface area contributed by atoms with E-state index in [1.54, 1.807) is 0 Å². The van der Waals surface area contributed by atoms with Crippen LogP contribution in [0.3, 0.4) is 0 Å². The van der Waals surface area contributed by atoms with Gasteiger partial charge in [-0.15, -0.1) is 0 Å². The maximum absolute atomic E-state index is 3.73. The molecule has 0 aliphatic carbocycles. The van der Waals surface area contributed by atoms with Crippen LogP contribution in [0.5, 0.6) is 0 Å². The Balaban J connectivity index is 0. The summed E-state index contributed by atoms with van der Waals surface area (Å²) in [6.45, 7) is 3.18. The van der Waals surface area contributed by atoms with Gasteiger partial charge in [-0.05, 0) is 18.9 Å². The fourth-order valence-electron chi connectivity index (χ4n) is 0.925. The summed E-state index contributed by atoms with van der Waals surface area (Å²) in [7, 11) is 0. The molecular formula is C9H20ClN. The van der Waals surface area contributed by atoms with Gasteiger partial charge in [-0.3, -0.25) is 0 Å². The molecule has 0 atom stereocenters. The molecule has 0 radical (unpaired) electrons. The van der Waals surface area contributed by atoms with E-state index in [0.29, 0.717) is 0 Å². The predicted molar refractivity (Wildman–Crippen MR) is 45.7 cm³/mol. The molecule has 0 fully saturated rings. The summed E-state index contributed by atoms with van der Waals surface area (Å²) in [6.07, 6.45) is 11.1. The van der Waals surface area contributed by atoms with E-state index < -0.39 is 0 Å². The molecule has 0 aliphatic heterocycles. The first kappa shape index (κ1) is 13.6. The fourth-order valence-corrected chi connectivity index (χ4v) is 0.925. The van der Waals surface area contributed by atoms with Gasteiger partial charge in [0.1, 0.15) is 0 Å². The molecule has 0 saturated heterocycles. The summed E-state index contributed by atoms with van der Waals surface area (Å²) in [4.78, 5) is 0. The molecule has 0 saturated carbocycles. The molecule has 0 heterocycles. The Bertz CT molecular complexity index is 81.6. The number of hydrogen-bond donors (Lipinski definition) is 1. The van der Waals surface area contributed by atoms with Crippen molar-refractivity contribution in [2.75, 3.05) is 6.54 Å². The van der Waals surface area contributed by atoms with Crippen molar-refractivity contribution < 1.29 is 18.1 Å². The second-order valence-electron chi connectivity index (χ2n) is 2.61. The van der Waals surface area contributed by atoms with Gasteiger partial charge in [0.25, 0.3) is 0 Å². The number of hydrogen-bond acceptors (Lipinski definition) is 0. The minimum Gasteiger partial charge on any atom is -1.00 e. The predicted octanol–water partition coefficient (Wildman–Crippen LogP) is -1.24. The van der Waals surface area contributed by atoms with Gasteiger partial charge < -0.3 is 18.1 Å². The van der Waals surface area contributed by atoms with E-state index in [2.05, 4.69) is 24.8 Å². The van der Waals surface area contributed by atoms with Crippen molar-refractivity contribution in [1.82, 2.24) is 0 Å². The van der Waals surface area contributed by atoms with Crippen LogP contribution < -0.4 is 18.1 Å². The van der Waals surface area contributed by atoms with Crippen LogP contribution in [0.4, 0.5) is 0 Å². The highest BCUT2D eigenvalue weighted by molar-refractivity contribution is 4.79. The summed E-state index contributed by atoms with van der Waals surface area (Å²) < 4.78 is 0. The Morgan fingerprint density at radius 1 is 1.09 bits per heavy atom. The first-order valence-corrected chi connectivity index (χ1v) is 4.36. The normalized spacial score (nSPS) is 10.0. The van der Waals surface area contributed by atoms with Gasteiger partial charge in [-0.1, -0.05) is 32.3 Å². The monoisotopic (exact) mass is 177 g/mol. The second kappa shape index (κ2) is 12.6. The highest BCUT2D eigenvalue weighted by Crippen LogP contribution is 2.02. The topological polar surface area (TPSA) is 27.6 Å². The van der Waals surface area contributed by atoms with E-state index in [-0.39, 0.29) is 12.4 Å². The molecule has 0 aromatic heterocycles. The van der Waals surface area contributed by atoms with Gasteiger partial charge >= 0.3 is 0 Å². The molecule has 0 aliphatic rings. The van der Waals surface area contributed by atoms with Gasteiger partial charge in [-0.2, -0.15) is 0 Å². The number of halogens is 1. The quantitative estimate of drug-likeness (QED) is 0.389. The lowest BCUT2D eigenvalue weighted by Gasteiger charge is -1.92. The van der Waals surface area contributed by atoms with Gasteiger partial charge in [0.2, 0.25) is 0 Å². The third-order valence-corrected chi connectivity index (χ3v) is 1.56. The highest BCUT2D eigenvalue weighted by atomic mass is 35.5. The summed E-state index contributed by atoms with van der Waals surface area (Å²) in [5.41, 5.74) is 3.73.